The van der Waals surface area contributed by atoms with Crippen molar-refractivity contribution < 1.29 is 4.74 Å². The topological polar surface area (TPSA) is 9.23 Å². The Morgan fingerprint density at radius 1 is 1.00 bits per heavy atom. The Kier molecular flexibility index (Phi) is 4.43. The summed E-state index contributed by atoms with van der Waals surface area (Å²) in [5.41, 5.74) is 3.10. The molecule has 0 aliphatic heterocycles. The SMILES string of the molecule is C=C(CCl)COc1ccccc1-c1ccccc1. The Bertz CT molecular complexity index is 520. The predicted molar refractivity (Wildman–Crippen MR) is 77.2 cm³/mol. The van der Waals surface area contributed by atoms with Crippen LogP contribution in [0.15, 0.2) is 66.7 Å². The summed E-state index contributed by atoms with van der Waals surface area (Å²) in [6, 6.07) is 18.2. The molecule has 0 heterocycles. The van der Waals surface area contributed by atoms with Gasteiger partial charge in [0, 0.05) is 11.4 Å². The molecular weight excluding hydrogens is 244 g/mol. The minimum Gasteiger partial charge on any atom is -0.489 e. The summed E-state index contributed by atoms with van der Waals surface area (Å²) in [4.78, 5) is 0. The lowest BCUT2D eigenvalue weighted by Crippen LogP contribution is -2.02. The molecule has 0 atom stereocenters. The summed E-state index contributed by atoms with van der Waals surface area (Å²) in [7, 11) is 0. The van der Waals surface area contributed by atoms with E-state index in [1.165, 1.54) is 0 Å². The number of halogens is 1. The van der Waals surface area contributed by atoms with Gasteiger partial charge in [-0.25, -0.2) is 0 Å². The molecule has 0 fully saturated rings. The largest absolute Gasteiger partial charge is 0.489 e. The first kappa shape index (κ1) is 12.7. The van der Waals surface area contributed by atoms with Crippen LogP contribution in [0.25, 0.3) is 11.1 Å². The van der Waals surface area contributed by atoms with Crippen molar-refractivity contribution >= 4 is 11.6 Å². The number of benzene rings is 2. The average Bonchev–Trinajstić information content (AvgIpc) is 2.46. The minimum absolute atomic E-state index is 0.424. The zero-order valence-electron chi connectivity index (χ0n) is 10.1. The Hall–Kier alpha value is -1.73. The highest BCUT2D eigenvalue weighted by molar-refractivity contribution is 6.19. The number of para-hydroxylation sites is 1. The van der Waals surface area contributed by atoms with Crippen molar-refractivity contribution in [3.05, 3.63) is 66.7 Å². The highest BCUT2D eigenvalue weighted by Crippen LogP contribution is 2.29. The van der Waals surface area contributed by atoms with Crippen LogP contribution in [-0.2, 0) is 0 Å². The molecule has 2 aromatic rings. The molecule has 0 aromatic heterocycles. The fourth-order valence-corrected chi connectivity index (χ4v) is 1.74. The molecule has 0 bridgehead atoms. The van der Waals surface area contributed by atoms with E-state index in [0.717, 1.165) is 22.4 Å². The van der Waals surface area contributed by atoms with Crippen LogP contribution in [0, 0.1) is 0 Å². The van der Waals surface area contributed by atoms with Gasteiger partial charge in [0.2, 0.25) is 0 Å². The summed E-state index contributed by atoms with van der Waals surface area (Å²) >= 11 is 5.70. The normalized spacial score (nSPS) is 10.1. The Balaban J connectivity index is 2.24. The quantitative estimate of drug-likeness (QED) is 0.566. The van der Waals surface area contributed by atoms with Gasteiger partial charge in [0.25, 0.3) is 0 Å². The van der Waals surface area contributed by atoms with E-state index in [9.17, 15) is 0 Å². The van der Waals surface area contributed by atoms with Gasteiger partial charge in [0.05, 0.1) is 0 Å². The van der Waals surface area contributed by atoms with E-state index < -0.39 is 0 Å². The maximum Gasteiger partial charge on any atom is 0.127 e. The van der Waals surface area contributed by atoms with Gasteiger partial charge in [-0.1, -0.05) is 55.1 Å². The molecule has 92 valence electrons. The third-order valence-corrected chi connectivity index (χ3v) is 2.97. The van der Waals surface area contributed by atoms with Crippen molar-refractivity contribution in [1.29, 1.82) is 0 Å². The van der Waals surface area contributed by atoms with Crippen LogP contribution < -0.4 is 4.74 Å². The fraction of sp³-hybridized carbons (Fsp3) is 0.125. The second-order valence-electron chi connectivity index (χ2n) is 4.03. The second-order valence-corrected chi connectivity index (χ2v) is 4.30. The molecule has 2 aromatic carbocycles. The van der Waals surface area contributed by atoms with Crippen molar-refractivity contribution in [2.45, 2.75) is 0 Å². The van der Waals surface area contributed by atoms with Gasteiger partial charge in [-0.15, -0.1) is 11.6 Å². The molecule has 1 nitrogen and oxygen atoms in total. The van der Waals surface area contributed by atoms with Crippen molar-refractivity contribution in [1.82, 2.24) is 0 Å². The third-order valence-electron chi connectivity index (χ3n) is 2.59. The van der Waals surface area contributed by atoms with Gasteiger partial charge in [0.1, 0.15) is 12.4 Å². The molecule has 2 rings (SSSR count). The van der Waals surface area contributed by atoms with Crippen LogP contribution >= 0.6 is 11.6 Å². The van der Waals surface area contributed by atoms with Crippen LogP contribution in [0.2, 0.25) is 0 Å². The number of hydrogen-bond acceptors (Lipinski definition) is 1. The summed E-state index contributed by atoms with van der Waals surface area (Å²) in [6.45, 7) is 4.29. The molecule has 0 radical (unpaired) electrons. The zero-order chi connectivity index (χ0) is 12.8. The lowest BCUT2D eigenvalue weighted by molar-refractivity contribution is 0.354. The summed E-state index contributed by atoms with van der Waals surface area (Å²) in [5.74, 6) is 1.28. The van der Waals surface area contributed by atoms with Crippen molar-refractivity contribution in [2.24, 2.45) is 0 Å². The number of ether oxygens (including phenoxy) is 1. The van der Waals surface area contributed by atoms with Gasteiger partial charge in [0.15, 0.2) is 0 Å². The molecule has 0 saturated heterocycles. The van der Waals surface area contributed by atoms with E-state index in [4.69, 9.17) is 16.3 Å². The fourth-order valence-electron chi connectivity index (χ4n) is 1.67. The molecule has 0 aliphatic carbocycles. The Morgan fingerprint density at radius 2 is 1.67 bits per heavy atom. The molecule has 0 amide bonds. The van der Waals surface area contributed by atoms with Crippen LogP contribution in [-0.4, -0.2) is 12.5 Å². The highest BCUT2D eigenvalue weighted by Gasteiger charge is 2.05. The van der Waals surface area contributed by atoms with Gasteiger partial charge >= 0.3 is 0 Å². The second kappa shape index (κ2) is 6.27. The molecule has 18 heavy (non-hydrogen) atoms. The number of rotatable bonds is 5. The molecule has 0 saturated carbocycles. The molecule has 0 N–H and O–H groups in total. The van der Waals surface area contributed by atoms with E-state index in [1.54, 1.807) is 0 Å². The van der Waals surface area contributed by atoms with E-state index in [1.807, 2.05) is 42.5 Å². The van der Waals surface area contributed by atoms with Crippen LogP contribution in [0.5, 0.6) is 5.75 Å². The lowest BCUT2D eigenvalue weighted by Gasteiger charge is -2.11. The number of alkyl halides is 1. The maximum atomic E-state index is 5.76. The van der Waals surface area contributed by atoms with Crippen LogP contribution in [0.1, 0.15) is 0 Å². The maximum absolute atomic E-state index is 5.76. The van der Waals surface area contributed by atoms with Gasteiger partial charge in [-0.2, -0.15) is 0 Å². The van der Waals surface area contributed by atoms with Crippen LogP contribution in [0.4, 0.5) is 0 Å². The smallest absolute Gasteiger partial charge is 0.127 e. The summed E-state index contributed by atoms with van der Waals surface area (Å²) in [5, 5.41) is 0. The van der Waals surface area contributed by atoms with E-state index in [2.05, 4.69) is 18.7 Å². The first-order valence-electron chi connectivity index (χ1n) is 5.81. The average molecular weight is 259 g/mol. The first-order chi connectivity index (χ1) is 8.81. The van der Waals surface area contributed by atoms with Crippen molar-refractivity contribution in [3.8, 4) is 16.9 Å². The van der Waals surface area contributed by atoms with E-state index in [-0.39, 0.29) is 0 Å². The number of hydrogen-bond donors (Lipinski definition) is 0. The van der Waals surface area contributed by atoms with Crippen molar-refractivity contribution in [2.75, 3.05) is 12.5 Å². The molecule has 0 spiro atoms. The van der Waals surface area contributed by atoms with Gasteiger partial charge < -0.3 is 4.74 Å². The monoisotopic (exact) mass is 258 g/mol. The summed E-state index contributed by atoms with van der Waals surface area (Å²) in [6.07, 6.45) is 0. The molecule has 0 aliphatic rings. The minimum atomic E-state index is 0.424. The van der Waals surface area contributed by atoms with Crippen molar-refractivity contribution in [3.63, 3.8) is 0 Å². The third kappa shape index (κ3) is 3.14. The standard InChI is InChI=1S/C16H15ClO/c1-13(11-17)12-18-16-10-6-5-9-15(16)14-7-3-2-4-8-14/h2-10H,1,11-12H2. The predicted octanol–water partition coefficient (Wildman–Crippen LogP) is 4.53. The Morgan fingerprint density at radius 3 is 2.39 bits per heavy atom. The highest BCUT2D eigenvalue weighted by atomic mass is 35.5. The Labute approximate surface area is 113 Å². The van der Waals surface area contributed by atoms with Crippen LogP contribution in [0.3, 0.4) is 0 Å². The van der Waals surface area contributed by atoms with E-state index in [0.29, 0.717) is 12.5 Å². The first-order valence-corrected chi connectivity index (χ1v) is 6.34. The zero-order valence-corrected chi connectivity index (χ0v) is 10.9. The van der Waals surface area contributed by atoms with Gasteiger partial charge in [-0.3, -0.25) is 0 Å². The molecule has 2 heteroatoms. The van der Waals surface area contributed by atoms with Gasteiger partial charge in [-0.05, 0) is 17.2 Å². The van der Waals surface area contributed by atoms with E-state index >= 15 is 0 Å². The molecular formula is C16H15ClO. The summed E-state index contributed by atoms with van der Waals surface area (Å²) < 4.78 is 5.76. The lowest BCUT2D eigenvalue weighted by atomic mass is 10.1. The molecule has 0 unspecified atom stereocenters.